The molecular formula is C13H25N3O4. The minimum absolute atomic E-state index is 0.0776. The minimum atomic E-state index is -0.572. The Morgan fingerprint density at radius 1 is 1.50 bits per heavy atom. The molecule has 7 heteroatoms. The van der Waals surface area contributed by atoms with Gasteiger partial charge in [-0.2, -0.15) is 0 Å². The van der Waals surface area contributed by atoms with Crippen LogP contribution in [0.2, 0.25) is 0 Å². The molecular weight excluding hydrogens is 262 g/mol. The molecule has 0 aromatic rings. The second-order valence-corrected chi connectivity index (χ2v) is 5.04. The number of carbonyl (C=O) groups excluding carboxylic acids is 2. The summed E-state index contributed by atoms with van der Waals surface area (Å²) in [6.45, 7) is 3.62. The maximum absolute atomic E-state index is 12.5. The highest BCUT2D eigenvalue weighted by atomic mass is 16.5. The van der Waals surface area contributed by atoms with Crippen molar-refractivity contribution in [3.8, 4) is 0 Å². The standard InChI is InChI=1S/C13H25N3O4/c1-3-4-7-15(9-12(17)14-19)13(18)16-8-5-6-11(16)10-20-2/h11,19H,3-10H2,1-2H3,(H,14,17). The first-order chi connectivity index (χ1) is 9.63. The van der Waals surface area contributed by atoms with Gasteiger partial charge in [-0.25, -0.2) is 10.3 Å². The van der Waals surface area contributed by atoms with Crippen molar-refractivity contribution in [3.05, 3.63) is 0 Å². The lowest BCUT2D eigenvalue weighted by atomic mass is 10.2. The Morgan fingerprint density at radius 3 is 2.85 bits per heavy atom. The van der Waals surface area contributed by atoms with Gasteiger partial charge in [-0.3, -0.25) is 10.0 Å². The molecule has 0 aromatic heterocycles. The van der Waals surface area contributed by atoms with Crippen LogP contribution in [0, 0.1) is 0 Å². The van der Waals surface area contributed by atoms with Crippen molar-refractivity contribution in [1.82, 2.24) is 15.3 Å². The highest BCUT2D eigenvalue weighted by Gasteiger charge is 2.32. The maximum Gasteiger partial charge on any atom is 0.320 e. The quantitative estimate of drug-likeness (QED) is 0.536. The van der Waals surface area contributed by atoms with Crippen LogP contribution in [0.25, 0.3) is 0 Å². The summed E-state index contributed by atoms with van der Waals surface area (Å²) in [4.78, 5) is 27.1. The van der Waals surface area contributed by atoms with Gasteiger partial charge in [-0.1, -0.05) is 13.3 Å². The van der Waals surface area contributed by atoms with Crippen LogP contribution in [0.1, 0.15) is 32.6 Å². The van der Waals surface area contributed by atoms with Crippen molar-refractivity contribution >= 4 is 11.9 Å². The van der Waals surface area contributed by atoms with Crippen LogP contribution in [0.5, 0.6) is 0 Å². The van der Waals surface area contributed by atoms with Gasteiger partial charge in [0.25, 0.3) is 5.91 Å². The first-order valence-electron chi connectivity index (χ1n) is 7.11. The first-order valence-corrected chi connectivity index (χ1v) is 7.11. The van der Waals surface area contributed by atoms with Gasteiger partial charge in [-0.05, 0) is 19.3 Å². The molecule has 0 aliphatic carbocycles. The highest BCUT2D eigenvalue weighted by Crippen LogP contribution is 2.19. The molecule has 116 valence electrons. The van der Waals surface area contributed by atoms with E-state index in [-0.39, 0.29) is 18.6 Å². The Morgan fingerprint density at radius 2 is 2.25 bits per heavy atom. The molecule has 1 saturated heterocycles. The molecule has 1 heterocycles. The van der Waals surface area contributed by atoms with E-state index in [9.17, 15) is 9.59 Å². The topological polar surface area (TPSA) is 82.1 Å². The number of nitrogens with one attached hydrogen (secondary N) is 1. The van der Waals surface area contributed by atoms with E-state index in [0.717, 1.165) is 25.7 Å². The molecule has 0 saturated carbocycles. The van der Waals surface area contributed by atoms with Crippen molar-refractivity contribution in [2.75, 3.05) is 33.4 Å². The summed E-state index contributed by atoms with van der Waals surface area (Å²) in [7, 11) is 1.62. The Hall–Kier alpha value is -1.34. The van der Waals surface area contributed by atoms with E-state index in [2.05, 4.69) is 0 Å². The lowest BCUT2D eigenvalue weighted by Gasteiger charge is -2.31. The van der Waals surface area contributed by atoms with Gasteiger partial charge >= 0.3 is 6.03 Å². The number of hydrogen-bond acceptors (Lipinski definition) is 4. The summed E-state index contributed by atoms with van der Waals surface area (Å²) in [6, 6.07) is -0.0737. The molecule has 1 unspecified atom stereocenters. The second kappa shape index (κ2) is 8.76. The predicted octanol–water partition coefficient (Wildman–Crippen LogP) is 0.825. The Balaban J connectivity index is 2.67. The van der Waals surface area contributed by atoms with E-state index in [0.29, 0.717) is 19.7 Å². The number of hydroxylamine groups is 1. The molecule has 1 atom stereocenters. The predicted molar refractivity (Wildman–Crippen MR) is 73.4 cm³/mol. The van der Waals surface area contributed by atoms with Crippen molar-refractivity contribution in [3.63, 3.8) is 0 Å². The number of rotatable bonds is 7. The monoisotopic (exact) mass is 287 g/mol. The third-order valence-corrected chi connectivity index (χ3v) is 3.49. The van der Waals surface area contributed by atoms with Gasteiger partial charge in [0.1, 0.15) is 6.54 Å². The zero-order valence-electron chi connectivity index (χ0n) is 12.3. The fourth-order valence-electron chi connectivity index (χ4n) is 2.43. The Labute approximate surface area is 119 Å². The molecule has 2 N–H and O–H groups in total. The van der Waals surface area contributed by atoms with Gasteiger partial charge in [0.2, 0.25) is 0 Å². The molecule has 0 bridgehead atoms. The average molecular weight is 287 g/mol. The molecule has 1 fully saturated rings. The normalized spacial score (nSPS) is 18.1. The van der Waals surface area contributed by atoms with Crippen LogP contribution in [0.4, 0.5) is 4.79 Å². The number of hydrogen-bond donors (Lipinski definition) is 2. The average Bonchev–Trinajstić information content (AvgIpc) is 2.91. The van der Waals surface area contributed by atoms with Crippen LogP contribution in [-0.2, 0) is 9.53 Å². The summed E-state index contributed by atoms with van der Waals surface area (Å²) in [6.07, 6.45) is 3.64. The summed E-state index contributed by atoms with van der Waals surface area (Å²) in [5, 5.41) is 8.62. The van der Waals surface area contributed by atoms with Gasteiger partial charge in [0.15, 0.2) is 0 Å². The van der Waals surface area contributed by atoms with Crippen LogP contribution in [0.3, 0.4) is 0 Å². The summed E-state index contributed by atoms with van der Waals surface area (Å²) >= 11 is 0. The third kappa shape index (κ3) is 4.64. The number of unbranched alkanes of at least 4 members (excludes halogenated alkanes) is 1. The van der Waals surface area contributed by atoms with Gasteiger partial charge < -0.3 is 14.5 Å². The van der Waals surface area contributed by atoms with E-state index in [1.54, 1.807) is 17.5 Å². The van der Waals surface area contributed by atoms with Gasteiger partial charge in [0, 0.05) is 20.2 Å². The maximum atomic E-state index is 12.5. The molecule has 20 heavy (non-hydrogen) atoms. The van der Waals surface area contributed by atoms with Crippen molar-refractivity contribution in [2.24, 2.45) is 0 Å². The molecule has 1 aliphatic rings. The summed E-state index contributed by atoms with van der Waals surface area (Å²) in [5.74, 6) is -0.572. The molecule has 0 radical (unpaired) electrons. The number of methoxy groups -OCH3 is 1. The number of nitrogens with zero attached hydrogens (tertiary/aromatic N) is 2. The zero-order valence-corrected chi connectivity index (χ0v) is 12.3. The summed E-state index contributed by atoms with van der Waals surface area (Å²) < 4.78 is 5.14. The molecule has 0 spiro atoms. The van der Waals surface area contributed by atoms with Crippen molar-refractivity contribution < 1.29 is 19.5 Å². The number of amides is 3. The van der Waals surface area contributed by atoms with E-state index >= 15 is 0 Å². The lowest BCUT2D eigenvalue weighted by molar-refractivity contribution is -0.129. The minimum Gasteiger partial charge on any atom is -0.383 e. The lowest BCUT2D eigenvalue weighted by Crippen LogP contribution is -2.49. The molecule has 3 amide bonds. The summed E-state index contributed by atoms with van der Waals surface area (Å²) in [5.41, 5.74) is 1.58. The zero-order chi connectivity index (χ0) is 15.0. The van der Waals surface area contributed by atoms with Crippen LogP contribution in [0.15, 0.2) is 0 Å². The van der Waals surface area contributed by atoms with E-state index in [4.69, 9.17) is 9.94 Å². The highest BCUT2D eigenvalue weighted by molar-refractivity contribution is 5.83. The molecule has 1 aliphatic heterocycles. The van der Waals surface area contributed by atoms with Gasteiger partial charge in [-0.15, -0.1) is 0 Å². The number of likely N-dealkylation sites (tertiary alicyclic amines) is 1. The van der Waals surface area contributed by atoms with Crippen LogP contribution >= 0.6 is 0 Å². The van der Waals surface area contributed by atoms with Crippen LogP contribution in [-0.4, -0.2) is 66.3 Å². The molecule has 1 rings (SSSR count). The van der Waals surface area contributed by atoms with Gasteiger partial charge in [0.05, 0.1) is 12.6 Å². The van der Waals surface area contributed by atoms with E-state index < -0.39 is 5.91 Å². The molecule has 0 aromatic carbocycles. The number of urea groups is 1. The third-order valence-electron chi connectivity index (χ3n) is 3.49. The Kier molecular flexibility index (Phi) is 7.32. The number of carbonyl (C=O) groups is 2. The fourth-order valence-corrected chi connectivity index (χ4v) is 2.43. The second-order valence-electron chi connectivity index (χ2n) is 5.04. The van der Waals surface area contributed by atoms with Crippen LogP contribution < -0.4 is 5.48 Å². The largest absolute Gasteiger partial charge is 0.383 e. The van der Waals surface area contributed by atoms with Crippen molar-refractivity contribution in [1.29, 1.82) is 0 Å². The van der Waals surface area contributed by atoms with Crippen molar-refractivity contribution in [2.45, 2.75) is 38.6 Å². The van der Waals surface area contributed by atoms with E-state index in [1.165, 1.54) is 4.90 Å². The first kappa shape index (κ1) is 16.7. The Bertz CT molecular complexity index is 325. The van der Waals surface area contributed by atoms with E-state index in [1.807, 2.05) is 6.92 Å². The SMILES string of the molecule is CCCCN(CC(=O)NO)C(=O)N1CCCC1COC. The fraction of sp³-hybridized carbons (Fsp3) is 0.846. The smallest absolute Gasteiger partial charge is 0.320 e. The molecule has 7 nitrogen and oxygen atoms in total. The number of ether oxygens (including phenoxy) is 1.